The van der Waals surface area contributed by atoms with Crippen LogP contribution >= 0.6 is 0 Å². The van der Waals surface area contributed by atoms with Crippen LogP contribution in [-0.2, 0) is 9.59 Å². The first-order valence-corrected chi connectivity index (χ1v) is 4.90. The van der Waals surface area contributed by atoms with Crippen LogP contribution in [0.4, 0.5) is 0 Å². The zero-order valence-corrected chi connectivity index (χ0v) is 10.00. The van der Waals surface area contributed by atoms with Crippen molar-refractivity contribution in [2.75, 3.05) is 7.05 Å². The third-order valence-electron chi connectivity index (χ3n) is 2.51. The largest absolute Gasteiger partial charge is 0.342 e. The van der Waals surface area contributed by atoms with E-state index in [-0.39, 0.29) is 23.3 Å². The van der Waals surface area contributed by atoms with Crippen molar-refractivity contribution in [1.29, 1.82) is 0 Å². The number of carbonyl (C=O) groups is 2. The summed E-state index contributed by atoms with van der Waals surface area (Å²) in [6.45, 7) is 9.49. The quantitative estimate of drug-likeness (QED) is 0.649. The van der Waals surface area contributed by atoms with Gasteiger partial charge >= 0.3 is 0 Å². The lowest BCUT2D eigenvalue weighted by atomic mass is 9.79. The number of nitrogens with zero attached hydrogens (tertiary/aromatic N) is 1. The van der Waals surface area contributed by atoms with Crippen molar-refractivity contribution in [1.82, 2.24) is 4.90 Å². The van der Waals surface area contributed by atoms with Crippen LogP contribution in [0, 0.1) is 11.3 Å². The highest BCUT2D eigenvalue weighted by molar-refractivity contribution is 5.74. The van der Waals surface area contributed by atoms with Gasteiger partial charge in [-0.05, 0) is 5.41 Å². The molecule has 0 fully saturated rings. The lowest BCUT2D eigenvalue weighted by molar-refractivity contribution is -0.134. The molecular weight excluding hydrogens is 178 g/mol. The number of amides is 1. The maximum Gasteiger partial charge on any atom is 0.219 e. The topological polar surface area (TPSA) is 37.4 Å². The van der Waals surface area contributed by atoms with E-state index in [4.69, 9.17) is 0 Å². The molecule has 0 spiro atoms. The number of aldehydes is 1. The van der Waals surface area contributed by atoms with E-state index in [2.05, 4.69) is 0 Å². The number of carbonyl (C=O) groups excluding carboxylic acids is 2. The van der Waals surface area contributed by atoms with E-state index in [9.17, 15) is 9.59 Å². The third kappa shape index (κ3) is 3.13. The Morgan fingerprint density at radius 2 is 1.79 bits per heavy atom. The molecule has 3 heteroatoms. The monoisotopic (exact) mass is 199 g/mol. The smallest absolute Gasteiger partial charge is 0.219 e. The van der Waals surface area contributed by atoms with Crippen LogP contribution in [0.15, 0.2) is 0 Å². The highest BCUT2D eigenvalue weighted by atomic mass is 16.2. The molecule has 0 aromatic rings. The van der Waals surface area contributed by atoms with E-state index in [0.717, 1.165) is 6.29 Å². The van der Waals surface area contributed by atoms with Gasteiger partial charge in [0.05, 0.1) is 0 Å². The summed E-state index contributed by atoms with van der Waals surface area (Å²) in [6.07, 6.45) is 0.912. The van der Waals surface area contributed by atoms with Gasteiger partial charge in [-0.15, -0.1) is 0 Å². The summed E-state index contributed by atoms with van der Waals surface area (Å²) < 4.78 is 0. The lowest BCUT2D eigenvalue weighted by Crippen LogP contribution is -2.48. The molecule has 0 N–H and O–H groups in total. The summed E-state index contributed by atoms with van der Waals surface area (Å²) in [4.78, 5) is 23.7. The van der Waals surface area contributed by atoms with Gasteiger partial charge in [-0.25, -0.2) is 0 Å². The number of hydrogen-bond acceptors (Lipinski definition) is 2. The van der Waals surface area contributed by atoms with E-state index in [1.165, 1.54) is 6.92 Å². The van der Waals surface area contributed by atoms with E-state index in [1.54, 1.807) is 11.9 Å². The van der Waals surface area contributed by atoms with Crippen LogP contribution in [-0.4, -0.2) is 30.2 Å². The Labute approximate surface area is 86.5 Å². The molecule has 0 saturated heterocycles. The Hall–Kier alpha value is -0.860. The number of rotatable bonds is 3. The van der Waals surface area contributed by atoms with E-state index in [1.807, 2.05) is 27.7 Å². The summed E-state index contributed by atoms with van der Waals surface area (Å²) in [5.74, 6) is -0.137. The molecular formula is C11H21NO2. The second kappa shape index (κ2) is 4.58. The molecule has 0 aromatic carbocycles. The van der Waals surface area contributed by atoms with Crippen molar-refractivity contribution >= 4 is 12.2 Å². The molecule has 0 aliphatic carbocycles. The molecule has 0 rings (SSSR count). The van der Waals surface area contributed by atoms with Crippen molar-refractivity contribution in [2.45, 2.75) is 40.7 Å². The molecule has 0 bridgehead atoms. The molecule has 0 aliphatic rings. The Morgan fingerprint density at radius 1 is 1.36 bits per heavy atom. The van der Waals surface area contributed by atoms with Gasteiger partial charge in [-0.1, -0.05) is 27.7 Å². The van der Waals surface area contributed by atoms with Crippen LogP contribution in [0.1, 0.15) is 34.6 Å². The van der Waals surface area contributed by atoms with Crippen molar-refractivity contribution in [3.63, 3.8) is 0 Å². The van der Waals surface area contributed by atoms with Gasteiger partial charge in [0.25, 0.3) is 0 Å². The average molecular weight is 199 g/mol. The van der Waals surface area contributed by atoms with Crippen LogP contribution in [0.25, 0.3) is 0 Å². The first kappa shape index (κ1) is 13.1. The lowest BCUT2D eigenvalue weighted by Gasteiger charge is -2.39. The molecule has 1 amide bonds. The molecule has 0 radical (unpaired) electrons. The molecule has 0 aliphatic heterocycles. The van der Waals surface area contributed by atoms with Gasteiger partial charge in [0, 0.05) is 25.9 Å². The second-order valence-electron chi connectivity index (χ2n) is 4.94. The standard InChI is InChI=1S/C11H21NO2/c1-8(7-13)10(11(3,4)5)12(6)9(2)14/h7-8,10H,1-6H3/t8-,10-/m1/s1. The van der Waals surface area contributed by atoms with E-state index in [0.29, 0.717) is 0 Å². The minimum atomic E-state index is -0.135. The predicted octanol–water partition coefficient (Wildman–Crippen LogP) is 1.71. The molecule has 3 nitrogen and oxygen atoms in total. The van der Waals surface area contributed by atoms with Crippen molar-refractivity contribution < 1.29 is 9.59 Å². The Bertz CT molecular complexity index is 218. The fraction of sp³-hybridized carbons (Fsp3) is 0.818. The summed E-state index contributed by atoms with van der Waals surface area (Å²) in [5.41, 5.74) is -0.0826. The van der Waals surface area contributed by atoms with Crippen LogP contribution < -0.4 is 0 Å². The zero-order valence-electron chi connectivity index (χ0n) is 10.00. The maximum absolute atomic E-state index is 11.3. The van der Waals surface area contributed by atoms with Crippen LogP contribution in [0.2, 0.25) is 0 Å². The van der Waals surface area contributed by atoms with Gasteiger partial charge in [0.2, 0.25) is 5.91 Å². The molecule has 14 heavy (non-hydrogen) atoms. The molecule has 0 aromatic heterocycles. The normalized spacial score (nSPS) is 15.9. The van der Waals surface area contributed by atoms with Gasteiger partial charge in [-0.2, -0.15) is 0 Å². The second-order valence-corrected chi connectivity index (χ2v) is 4.94. The SMILES string of the molecule is CC(=O)N(C)[C@H]([C@H](C)C=O)C(C)(C)C. The van der Waals surface area contributed by atoms with Gasteiger partial charge < -0.3 is 9.69 Å². The minimum Gasteiger partial charge on any atom is -0.342 e. The fourth-order valence-electron chi connectivity index (χ4n) is 1.99. The molecule has 0 unspecified atom stereocenters. The van der Waals surface area contributed by atoms with Gasteiger partial charge in [0.15, 0.2) is 0 Å². The summed E-state index contributed by atoms with van der Waals surface area (Å²) >= 11 is 0. The average Bonchev–Trinajstić information content (AvgIpc) is 2.01. The van der Waals surface area contributed by atoms with Crippen molar-refractivity contribution in [3.05, 3.63) is 0 Å². The molecule has 82 valence electrons. The highest BCUT2D eigenvalue weighted by Crippen LogP contribution is 2.28. The summed E-state index contributed by atoms with van der Waals surface area (Å²) in [7, 11) is 1.75. The minimum absolute atomic E-state index is 0.00127. The summed E-state index contributed by atoms with van der Waals surface area (Å²) in [6, 6.07) is -0.0440. The number of hydrogen-bond donors (Lipinski definition) is 0. The van der Waals surface area contributed by atoms with E-state index >= 15 is 0 Å². The first-order chi connectivity index (χ1) is 6.21. The van der Waals surface area contributed by atoms with Crippen molar-refractivity contribution in [3.8, 4) is 0 Å². The Morgan fingerprint density at radius 3 is 2.00 bits per heavy atom. The zero-order chi connectivity index (χ0) is 11.5. The first-order valence-electron chi connectivity index (χ1n) is 4.90. The fourth-order valence-corrected chi connectivity index (χ4v) is 1.99. The van der Waals surface area contributed by atoms with Gasteiger partial charge in [0.1, 0.15) is 6.29 Å². The predicted molar refractivity (Wildman–Crippen MR) is 56.9 cm³/mol. The Balaban J connectivity index is 4.91. The molecule has 0 saturated carbocycles. The van der Waals surface area contributed by atoms with Crippen molar-refractivity contribution in [2.24, 2.45) is 11.3 Å². The summed E-state index contributed by atoms with van der Waals surface area (Å²) in [5, 5.41) is 0. The molecule has 0 heterocycles. The van der Waals surface area contributed by atoms with Gasteiger partial charge in [-0.3, -0.25) is 4.79 Å². The van der Waals surface area contributed by atoms with Crippen LogP contribution in [0.5, 0.6) is 0 Å². The molecule has 2 atom stereocenters. The highest BCUT2D eigenvalue weighted by Gasteiger charge is 2.34. The van der Waals surface area contributed by atoms with E-state index < -0.39 is 0 Å². The third-order valence-corrected chi connectivity index (χ3v) is 2.51. The maximum atomic E-state index is 11.3. The van der Waals surface area contributed by atoms with Crippen LogP contribution in [0.3, 0.4) is 0 Å². The Kier molecular flexibility index (Phi) is 4.30.